The van der Waals surface area contributed by atoms with Crippen LogP contribution in [0.15, 0.2) is 11.6 Å². The van der Waals surface area contributed by atoms with Crippen LogP contribution < -0.4 is 0 Å². The first-order valence-corrected chi connectivity index (χ1v) is 2.94. The minimum Gasteiger partial charge on any atom is -0.0880 e. The summed E-state index contributed by atoms with van der Waals surface area (Å²) in [6.07, 6.45) is 1.84. The van der Waals surface area contributed by atoms with E-state index in [9.17, 15) is 0 Å². The summed E-state index contributed by atoms with van der Waals surface area (Å²) in [6.45, 7) is 5.59. The molecule has 0 aliphatic carbocycles. The topological polar surface area (TPSA) is 0 Å². The maximum atomic E-state index is 3.56. The van der Waals surface area contributed by atoms with Gasteiger partial charge in [-0.2, -0.15) is 0 Å². The van der Waals surface area contributed by atoms with Gasteiger partial charge in [-0.25, -0.2) is 0 Å². The molecule has 0 bridgehead atoms. The fourth-order valence-corrected chi connectivity index (χ4v) is 0.283. The van der Waals surface area contributed by atoms with E-state index in [2.05, 4.69) is 22.9 Å². The van der Waals surface area contributed by atoms with E-state index in [0.29, 0.717) is 0 Å². The molecule has 0 amide bonds. The van der Waals surface area contributed by atoms with Crippen molar-refractivity contribution in [2.45, 2.75) is 6.92 Å². The van der Waals surface area contributed by atoms with Crippen LogP contribution in [0.2, 0.25) is 0 Å². The van der Waals surface area contributed by atoms with Crippen LogP contribution in [-0.2, 0) is 0 Å². The summed E-state index contributed by atoms with van der Waals surface area (Å²) >= 11 is 3.27. The lowest BCUT2D eigenvalue weighted by Gasteiger charge is -1.83. The molecular formula is C5H8Br. The second-order valence-electron chi connectivity index (χ2n) is 1.18. The molecule has 0 atom stereocenters. The molecule has 0 N–H and O–H groups in total. The Kier molecular flexibility index (Phi) is 3.54. The molecule has 0 heterocycles. The molecule has 0 nitrogen and oxygen atoms in total. The van der Waals surface area contributed by atoms with Crippen molar-refractivity contribution < 1.29 is 0 Å². The Bertz CT molecular complexity index is 55.0. The molecule has 0 saturated heterocycles. The lowest BCUT2D eigenvalue weighted by atomic mass is 10.3. The van der Waals surface area contributed by atoms with E-state index in [1.54, 1.807) is 0 Å². The second kappa shape index (κ2) is 3.41. The fourth-order valence-electron chi connectivity index (χ4n) is 0.0546. The molecule has 6 heavy (non-hydrogen) atoms. The molecule has 0 aromatic heterocycles. The quantitative estimate of drug-likeness (QED) is 0.500. The highest BCUT2D eigenvalue weighted by Gasteiger charge is 1.74. The van der Waals surface area contributed by atoms with Gasteiger partial charge in [-0.3, -0.25) is 0 Å². The molecule has 0 rings (SSSR count). The third kappa shape index (κ3) is 2.46. The molecular weight excluding hydrogens is 140 g/mol. The second-order valence-corrected chi connectivity index (χ2v) is 1.74. The van der Waals surface area contributed by atoms with Crippen LogP contribution >= 0.6 is 15.9 Å². The van der Waals surface area contributed by atoms with E-state index in [0.717, 1.165) is 5.33 Å². The summed E-state index contributed by atoms with van der Waals surface area (Å²) in [5.41, 5.74) is 1.27. The summed E-state index contributed by atoms with van der Waals surface area (Å²) in [6, 6.07) is 0. The Morgan fingerprint density at radius 1 is 2.00 bits per heavy atom. The van der Waals surface area contributed by atoms with Gasteiger partial charge in [-0.15, -0.1) is 0 Å². The number of alkyl halides is 1. The van der Waals surface area contributed by atoms with E-state index in [1.807, 2.05) is 13.0 Å². The predicted molar refractivity (Wildman–Crippen MR) is 32.9 cm³/mol. The number of hydrogen-bond acceptors (Lipinski definition) is 0. The van der Waals surface area contributed by atoms with E-state index in [-0.39, 0.29) is 0 Å². The van der Waals surface area contributed by atoms with Crippen LogP contribution in [0.5, 0.6) is 0 Å². The van der Waals surface area contributed by atoms with Crippen LogP contribution in [0, 0.1) is 6.92 Å². The fraction of sp³-hybridized carbons (Fsp3) is 0.400. The summed E-state index contributed by atoms with van der Waals surface area (Å²) in [5.74, 6) is 0. The van der Waals surface area contributed by atoms with Gasteiger partial charge in [-0.1, -0.05) is 27.6 Å². The van der Waals surface area contributed by atoms with Gasteiger partial charge in [0.05, 0.1) is 0 Å². The molecule has 0 spiro atoms. The first kappa shape index (κ1) is 6.22. The lowest BCUT2D eigenvalue weighted by molar-refractivity contribution is 1.43. The van der Waals surface area contributed by atoms with E-state index in [1.165, 1.54) is 5.57 Å². The molecule has 0 unspecified atom stereocenters. The van der Waals surface area contributed by atoms with Gasteiger partial charge in [0.1, 0.15) is 0 Å². The summed E-state index contributed by atoms with van der Waals surface area (Å²) < 4.78 is 0. The van der Waals surface area contributed by atoms with Gasteiger partial charge in [0.2, 0.25) is 0 Å². The maximum absolute atomic E-state index is 3.56. The third-order valence-electron chi connectivity index (χ3n) is 0.559. The summed E-state index contributed by atoms with van der Waals surface area (Å²) in [4.78, 5) is 0. The van der Waals surface area contributed by atoms with Gasteiger partial charge in [0.25, 0.3) is 0 Å². The van der Waals surface area contributed by atoms with Crippen LogP contribution in [0.4, 0.5) is 0 Å². The Balaban J connectivity index is 3.22. The van der Waals surface area contributed by atoms with Crippen molar-refractivity contribution in [1.82, 2.24) is 0 Å². The van der Waals surface area contributed by atoms with Gasteiger partial charge in [-0.05, 0) is 13.8 Å². The van der Waals surface area contributed by atoms with Crippen molar-refractivity contribution >= 4 is 15.9 Å². The summed E-state index contributed by atoms with van der Waals surface area (Å²) in [7, 11) is 0. The van der Waals surface area contributed by atoms with E-state index in [4.69, 9.17) is 0 Å². The van der Waals surface area contributed by atoms with Crippen LogP contribution in [0.1, 0.15) is 6.92 Å². The number of hydrogen-bond donors (Lipinski definition) is 0. The first-order chi connectivity index (χ1) is 2.81. The third-order valence-corrected chi connectivity index (χ3v) is 1.44. The monoisotopic (exact) mass is 147 g/mol. The zero-order valence-corrected chi connectivity index (χ0v) is 5.46. The Morgan fingerprint density at radius 3 is 2.50 bits per heavy atom. The molecule has 0 aliphatic heterocycles. The van der Waals surface area contributed by atoms with Crippen LogP contribution in [0.25, 0.3) is 0 Å². The van der Waals surface area contributed by atoms with Crippen molar-refractivity contribution in [1.29, 1.82) is 0 Å². The van der Waals surface area contributed by atoms with Crippen molar-refractivity contribution in [2.24, 2.45) is 0 Å². The highest BCUT2D eigenvalue weighted by atomic mass is 79.9. The number of allylic oxidation sites excluding steroid dienone is 2. The van der Waals surface area contributed by atoms with Crippen molar-refractivity contribution in [3.8, 4) is 0 Å². The Morgan fingerprint density at radius 2 is 2.50 bits per heavy atom. The predicted octanol–water partition coefficient (Wildman–Crippen LogP) is 2.16. The number of halogens is 1. The Hall–Kier alpha value is 0.220. The largest absolute Gasteiger partial charge is 0.0880 e. The average Bonchev–Trinajstić information content (AvgIpc) is 1.65. The van der Waals surface area contributed by atoms with Crippen LogP contribution in [-0.4, -0.2) is 5.33 Å². The molecule has 0 aromatic carbocycles. The normalized spacial score (nSPS) is 12.2. The minimum absolute atomic E-state index is 0.941. The van der Waals surface area contributed by atoms with Crippen molar-refractivity contribution in [3.63, 3.8) is 0 Å². The minimum atomic E-state index is 0.941. The molecule has 1 heteroatoms. The lowest BCUT2D eigenvalue weighted by Crippen LogP contribution is -1.69. The number of rotatable bonds is 1. The van der Waals surface area contributed by atoms with Crippen molar-refractivity contribution in [3.05, 3.63) is 18.6 Å². The van der Waals surface area contributed by atoms with Gasteiger partial charge < -0.3 is 0 Å². The highest BCUT2D eigenvalue weighted by Crippen LogP contribution is 1.94. The SMILES string of the molecule is [CH2]/C=C(\C)CBr. The molecule has 0 aliphatic rings. The standard InChI is InChI=1S/C5H8Br/c1-3-5(2)4-6/h3H,1,4H2,2H3/b5-3+. The molecule has 0 aromatic rings. The smallest absolute Gasteiger partial charge is 0.0239 e. The maximum Gasteiger partial charge on any atom is 0.0239 e. The highest BCUT2D eigenvalue weighted by molar-refractivity contribution is 9.09. The summed E-state index contributed by atoms with van der Waals surface area (Å²) in [5, 5.41) is 0.941. The zero-order chi connectivity index (χ0) is 4.99. The zero-order valence-electron chi connectivity index (χ0n) is 3.87. The average molecular weight is 148 g/mol. The van der Waals surface area contributed by atoms with Crippen LogP contribution in [0.3, 0.4) is 0 Å². The van der Waals surface area contributed by atoms with Gasteiger partial charge in [0.15, 0.2) is 0 Å². The Labute approximate surface area is 47.4 Å². The molecule has 0 fully saturated rings. The molecule has 1 radical (unpaired) electrons. The van der Waals surface area contributed by atoms with E-state index >= 15 is 0 Å². The first-order valence-electron chi connectivity index (χ1n) is 1.82. The van der Waals surface area contributed by atoms with Gasteiger partial charge >= 0.3 is 0 Å². The van der Waals surface area contributed by atoms with Gasteiger partial charge in [0, 0.05) is 5.33 Å². The van der Waals surface area contributed by atoms with E-state index < -0.39 is 0 Å². The van der Waals surface area contributed by atoms with Crippen molar-refractivity contribution in [2.75, 3.05) is 5.33 Å². The molecule has 35 valence electrons. The molecule has 0 saturated carbocycles.